The lowest BCUT2D eigenvalue weighted by Gasteiger charge is -2.27. The predicted octanol–water partition coefficient (Wildman–Crippen LogP) is 4.43. The summed E-state index contributed by atoms with van der Waals surface area (Å²) in [5.74, 6) is 0.398. The standard InChI is InChI=1S/C18H23F3N2O/c1-5-8-23(11-12(2)3)13-6-7-16-14(9-13)15(18(19,20)21)10-17(24)22(16)4/h6-7,9-10,12H,5,8,11H2,1-4H3. The highest BCUT2D eigenvalue weighted by molar-refractivity contribution is 5.86. The summed E-state index contributed by atoms with van der Waals surface area (Å²) in [4.78, 5) is 13.9. The summed E-state index contributed by atoms with van der Waals surface area (Å²) >= 11 is 0. The second-order valence-electron chi connectivity index (χ2n) is 6.49. The van der Waals surface area contributed by atoms with Crippen molar-refractivity contribution in [2.24, 2.45) is 13.0 Å². The summed E-state index contributed by atoms with van der Waals surface area (Å²) in [6, 6.07) is 5.62. The van der Waals surface area contributed by atoms with E-state index in [0.29, 0.717) is 17.5 Å². The van der Waals surface area contributed by atoms with Crippen LogP contribution in [0, 0.1) is 5.92 Å². The van der Waals surface area contributed by atoms with Gasteiger partial charge in [-0.1, -0.05) is 20.8 Å². The third-order valence-corrected chi connectivity index (χ3v) is 3.98. The summed E-state index contributed by atoms with van der Waals surface area (Å²) in [6.07, 6.45) is -3.65. The van der Waals surface area contributed by atoms with Crippen molar-refractivity contribution in [2.45, 2.75) is 33.4 Å². The highest BCUT2D eigenvalue weighted by atomic mass is 19.4. The zero-order valence-electron chi connectivity index (χ0n) is 14.4. The second-order valence-corrected chi connectivity index (χ2v) is 6.49. The number of nitrogens with zero attached hydrogens (tertiary/aromatic N) is 2. The van der Waals surface area contributed by atoms with Crippen LogP contribution in [-0.4, -0.2) is 17.7 Å². The van der Waals surface area contributed by atoms with E-state index in [1.54, 1.807) is 18.2 Å². The number of hydrogen-bond donors (Lipinski definition) is 0. The molecule has 1 heterocycles. The molecular weight excluding hydrogens is 317 g/mol. The molecule has 3 nitrogen and oxygen atoms in total. The molecule has 0 atom stereocenters. The smallest absolute Gasteiger partial charge is 0.371 e. The van der Waals surface area contributed by atoms with Crippen LogP contribution in [0.3, 0.4) is 0 Å². The van der Waals surface area contributed by atoms with E-state index in [9.17, 15) is 18.0 Å². The number of alkyl halides is 3. The molecule has 0 aliphatic carbocycles. The largest absolute Gasteiger partial charge is 0.417 e. The number of aryl methyl sites for hydroxylation is 1. The lowest BCUT2D eigenvalue weighted by molar-refractivity contribution is -0.136. The van der Waals surface area contributed by atoms with Gasteiger partial charge in [0.1, 0.15) is 0 Å². The third kappa shape index (κ3) is 3.74. The monoisotopic (exact) mass is 340 g/mol. The predicted molar refractivity (Wildman–Crippen MR) is 91.5 cm³/mol. The number of fused-ring (bicyclic) bond motifs is 1. The van der Waals surface area contributed by atoms with E-state index in [2.05, 4.69) is 18.7 Å². The van der Waals surface area contributed by atoms with Crippen molar-refractivity contribution in [3.8, 4) is 0 Å². The van der Waals surface area contributed by atoms with Gasteiger partial charge in [0.25, 0.3) is 5.56 Å². The highest BCUT2D eigenvalue weighted by Gasteiger charge is 2.33. The number of halogens is 3. The van der Waals surface area contributed by atoms with Gasteiger partial charge in [0.2, 0.25) is 0 Å². The molecule has 0 N–H and O–H groups in total. The van der Waals surface area contributed by atoms with Crippen molar-refractivity contribution in [1.29, 1.82) is 0 Å². The summed E-state index contributed by atoms with van der Waals surface area (Å²) in [5.41, 5.74) is -0.486. The Morgan fingerprint density at radius 1 is 1.21 bits per heavy atom. The molecule has 0 unspecified atom stereocenters. The van der Waals surface area contributed by atoms with Crippen molar-refractivity contribution in [3.05, 3.63) is 40.2 Å². The van der Waals surface area contributed by atoms with E-state index in [1.807, 2.05) is 6.92 Å². The molecular formula is C18H23F3N2O. The average molecular weight is 340 g/mol. The van der Waals surface area contributed by atoms with Gasteiger partial charge in [0, 0.05) is 37.3 Å². The minimum absolute atomic E-state index is 0.0620. The summed E-state index contributed by atoms with van der Waals surface area (Å²) in [7, 11) is 1.49. The molecule has 0 aliphatic rings. The van der Waals surface area contributed by atoms with Crippen molar-refractivity contribution in [1.82, 2.24) is 4.57 Å². The molecule has 0 saturated carbocycles. The third-order valence-electron chi connectivity index (χ3n) is 3.98. The van der Waals surface area contributed by atoms with Crippen LogP contribution in [-0.2, 0) is 13.2 Å². The van der Waals surface area contributed by atoms with Crippen LogP contribution in [0.2, 0.25) is 0 Å². The van der Waals surface area contributed by atoms with Crippen molar-refractivity contribution < 1.29 is 13.2 Å². The normalized spacial score (nSPS) is 12.2. The Balaban J connectivity index is 2.68. The molecule has 1 aromatic carbocycles. The fourth-order valence-electron chi connectivity index (χ4n) is 2.92. The number of anilines is 1. The Morgan fingerprint density at radius 3 is 2.42 bits per heavy atom. The van der Waals surface area contributed by atoms with Crippen LogP contribution in [0.25, 0.3) is 10.9 Å². The average Bonchev–Trinajstić information content (AvgIpc) is 2.48. The first-order chi connectivity index (χ1) is 11.1. The fourth-order valence-corrected chi connectivity index (χ4v) is 2.92. The second kappa shape index (κ2) is 6.87. The van der Waals surface area contributed by atoms with Gasteiger partial charge in [-0.05, 0) is 30.5 Å². The van der Waals surface area contributed by atoms with Crippen LogP contribution in [0.4, 0.5) is 18.9 Å². The zero-order valence-corrected chi connectivity index (χ0v) is 14.4. The van der Waals surface area contributed by atoms with Gasteiger partial charge in [-0.15, -0.1) is 0 Å². The van der Waals surface area contributed by atoms with E-state index in [-0.39, 0.29) is 5.39 Å². The lowest BCUT2D eigenvalue weighted by Crippen LogP contribution is -2.28. The zero-order chi connectivity index (χ0) is 18.1. The molecule has 24 heavy (non-hydrogen) atoms. The molecule has 132 valence electrons. The Kier molecular flexibility index (Phi) is 5.26. The molecule has 6 heteroatoms. The van der Waals surface area contributed by atoms with Gasteiger partial charge in [0.05, 0.1) is 11.1 Å². The van der Waals surface area contributed by atoms with Crippen LogP contribution >= 0.6 is 0 Å². The maximum absolute atomic E-state index is 13.4. The van der Waals surface area contributed by atoms with Gasteiger partial charge >= 0.3 is 6.18 Å². The van der Waals surface area contributed by atoms with E-state index in [1.165, 1.54) is 11.6 Å². The van der Waals surface area contributed by atoms with E-state index < -0.39 is 17.3 Å². The lowest BCUT2D eigenvalue weighted by atomic mass is 10.1. The number of pyridine rings is 1. The number of hydrogen-bond acceptors (Lipinski definition) is 2. The first-order valence-corrected chi connectivity index (χ1v) is 8.11. The molecule has 0 fully saturated rings. The molecule has 2 aromatic rings. The van der Waals surface area contributed by atoms with Crippen LogP contribution < -0.4 is 10.5 Å². The van der Waals surface area contributed by atoms with Gasteiger partial charge in [-0.2, -0.15) is 13.2 Å². The molecule has 0 saturated heterocycles. The maximum atomic E-state index is 13.4. The minimum atomic E-state index is -4.56. The topological polar surface area (TPSA) is 25.2 Å². The van der Waals surface area contributed by atoms with E-state index in [0.717, 1.165) is 25.2 Å². The molecule has 0 spiro atoms. The van der Waals surface area contributed by atoms with Crippen LogP contribution in [0.1, 0.15) is 32.8 Å². The molecule has 1 aromatic heterocycles. The first-order valence-electron chi connectivity index (χ1n) is 8.11. The fraction of sp³-hybridized carbons (Fsp3) is 0.500. The highest BCUT2D eigenvalue weighted by Crippen LogP contribution is 2.35. The SMILES string of the molecule is CCCN(CC(C)C)c1ccc2c(c1)c(C(F)(F)F)cc(=O)n2C. The number of aromatic nitrogens is 1. The number of rotatable bonds is 5. The summed E-state index contributed by atoms with van der Waals surface area (Å²) < 4.78 is 41.3. The van der Waals surface area contributed by atoms with Crippen molar-refractivity contribution in [3.63, 3.8) is 0 Å². The Hall–Kier alpha value is -1.98. The van der Waals surface area contributed by atoms with E-state index in [4.69, 9.17) is 0 Å². The van der Waals surface area contributed by atoms with Crippen LogP contribution in [0.15, 0.2) is 29.1 Å². The van der Waals surface area contributed by atoms with Gasteiger partial charge in [-0.25, -0.2) is 0 Å². The van der Waals surface area contributed by atoms with Crippen molar-refractivity contribution in [2.75, 3.05) is 18.0 Å². The first kappa shape index (κ1) is 18.4. The molecule has 0 aliphatic heterocycles. The quantitative estimate of drug-likeness (QED) is 0.804. The summed E-state index contributed by atoms with van der Waals surface area (Å²) in [5, 5.41) is 0.0620. The van der Waals surface area contributed by atoms with E-state index >= 15 is 0 Å². The van der Waals surface area contributed by atoms with Gasteiger partial charge < -0.3 is 9.47 Å². The molecule has 0 radical (unpaired) electrons. The molecule has 0 amide bonds. The van der Waals surface area contributed by atoms with Gasteiger partial charge in [-0.3, -0.25) is 4.79 Å². The number of benzene rings is 1. The summed E-state index contributed by atoms with van der Waals surface area (Å²) in [6.45, 7) is 7.74. The minimum Gasteiger partial charge on any atom is -0.371 e. The maximum Gasteiger partial charge on any atom is 0.417 e. The molecule has 2 rings (SSSR count). The Bertz CT molecular complexity index is 778. The van der Waals surface area contributed by atoms with Gasteiger partial charge in [0.15, 0.2) is 0 Å². The molecule has 0 bridgehead atoms. The van der Waals surface area contributed by atoms with Crippen molar-refractivity contribution >= 4 is 16.6 Å². The van der Waals surface area contributed by atoms with Crippen LogP contribution in [0.5, 0.6) is 0 Å². The Morgan fingerprint density at radius 2 is 1.88 bits per heavy atom. The Labute approximate surface area is 139 Å².